The van der Waals surface area contributed by atoms with Gasteiger partial charge in [0, 0.05) is 21.7 Å². The summed E-state index contributed by atoms with van der Waals surface area (Å²) in [6.07, 6.45) is 1.38. The van der Waals surface area contributed by atoms with E-state index >= 15 is 0 Å². The van der Waals surface area contributed by atoms with Gasteiger partial charge in [0.05, 0.1) is 20.8 Å². The Balaban J connectivity index is 1.85. The first-order valence-corrected chi connectivity index (χ1v) is 10.1. The van der Waals surface area contributed by atoms with Crippen molar-refractivity contribution >= 4 is 39.2 Å². The summed E-state index contributed by atoms with van der Waals surface area (Å²) in [4.78, 5) is 3.89. The van der Waals surface area contributed by atoms with Crippen molar-refractivity contribution in [2.75, 3.05) is 18.9 Å². The third-order valence-corrected chi connectivity index (χ3v) is 5.86. The van der Waals surface area contributed by atoms with Crippen molar-refractivity contribution in [2.45, 2.75) is 11.4 Å². The number of anilines is 1. The van der Waals surface area contributed by atoms with Crippen LogP contribution in [0.5, 0.6) is 11.5 Å². The van der Waals surface area contributed by atoms with Crippen LogP contribution in [0.3, 0.4) is 0 Å². The zero-order chi connectivity index (χ0) is 20.3. The minimum Gasteiger partial charge on any atom is -0.497 e. The molecule has 0 radical (unpaired) electrons. The number of hydrogen-bond acceptors (Lipinski definition) is 6. The zero-order valence-electron chi connectivity index (χ0n) is 14.9. The largest absolute Gasteiger partial charge is 0.497 e. The van der Waals surface area contributed by atoms with Crippen LogP contribution in [-0.2, 0) is 16.6 Å². The highest BCUT2D eigenvalue weighted by Gasteiger charge is 2.22. The van der Waals surface area contributed by atoms with Crippen LogP contribution in [-0.4, -0.2) is 37.4 Å². The van der Waals surface area contributed by atoms with Crippen molar-refractivity contribution in [2.24, 2.45) is 0 Å². The van der Waals surface area contributed by atoms with E-state index in [0.29, 0.717) is 21.4 Å². The van der Waals surface area contributed by atoms with E-state index in [1.807, 2.05) is 0 Å². The molecule has 0 fully saturated rings. The highest BCUT2D eigenvalue weighted by atomic mass is 35.5. The number of nitrogens with one attached hydrogen (secondary N) is 1. The quantitative estimate of drug-likeness (QED) is 0.601. The summed E-state index contributed by atoms with van der Waals surface area (Å²) in [7, 11) is -1.19. The standard InChI is InChI=1S/C17H16Cl2N4O4S/c1-26-11-6-7-15(27-2)16(8-11)28(24,25)22-17-20-10-23(21-17)9-12-13(18)4-3-5-14(12)19/h3-8,10H,9H2,1-2H3,(H,21,22). The minimum absolute atomic E-state index is 0.0974. The number of rotatable bonds is 7. The SMILES string of the molecule is COc1ccc(OC)c(S(=O)(=O)Nc2ncn(Cc3c(Cl)cccc3Cl)n2)c1. The third-order valence-electron chi connectivity index (χ3n) is 3.80. The fourth-order valence-corrected chi connectivity index (χ4v) is 4.08. The summed E-state index contributed by atoms with van der Waals surface area (Å²) in [6, 6.07) is 9.59. The van der Waals surface area contributed by atoms with Crippen LogP contribution in [0.1, 0.15) is 5.56 Å². The van der Waals surface area contributed by atoms with Crippen LogP contribution in [0.2, 0.25) is 10.0 Å². The van der Waals surface area contributed by atoms with Gasteiger partial charge in [0.15, 0.2) is 0 Å². The molecule has 8 nitrogen and oxygen atoms in total. The first kappa shape index (κ1) is 20.2. The molecule has 3 aromatic rings. The average molecular weight is 443 g/mol. The maximum Gasteiger partial charge on any atom is 0.268 e. The molecule has 0 saturated carbocycles. The molecular formula is C17H16Cl2N4O4S. The fourth-order valence-electron chi connectivity index (χ4n) is 2.43. The molecule has 0 atom stereocenters. The molecule has 148 valence electrons. The molecule has 0 aliphatic heterocycles. The number of methoxy groups -OCH3 is 2. The molecule has 0 spiro atoms. The second kappa shape index (κ2) is 8.26. The van der Waals surface area contributed by atoms with E-state index < -0.39 is 10.0 Å². The predicted octanol–water partition coefficient (Wildman–Crippen LogP) is 3.45. The number of hydrogen-bond donors (Lipinski definition) is 1. The van der Waals surface area contributed by atoms with E-state index in [-0.39, 0.29) is 23.1 Å². The lowest BCUT2D eigenvalue weighted by molar-refractivity contribution is 0.392. The molecule has 2 aromatic carbocycles. The lowest BCUT2D eigenvalue weighted by Gasteiger charge is -2.11. The summed E-state index contributed by atoms with van der Waals surface area (Å²) in [5.74, 6) is 0.427. The van der Waals surface area contributed by atoms with E-state index in [1.54, 1.807) is 24.3 Å². The van der Waals surface area contributed by atoms with E-state index in [4.69, 9.17) is 32.7 Å². The van der Waals surface area contributed by atoms with Crippen molar-refractivity contribution < 1.29 is 17.9 Å². The van der Waals surface area contributed by atoms with E-state index in [9.17, 15) is 8.42 Å². The van der Waals surface area contributed by atoms with Gasteiger partial charge in [-0.25, -0.2) is 17.8 Å². The molecule has 1 heterocycles. The fraction of sp³-hybridized carbons (Fsp3) is 0.176. The van der Waals surface area contributed by atoms with Gasteiger partial charge in [-0.15, -0.1) is 5.10 Å². The second-order valence-electron chi connectivity index (χ2n) is 5.59. The van der Waals surface area contributed by atoms with E-state index in [0.717, 1.165) is 0 Å². The maximum atomic E-state index is 12.7. The van der Waals surface area contributed by atoms with Crippen LogP contribution in [0.25, 0.3) is 0 Å². The number of sulfonamides is 1. The Kier molecular flexibility index (Phi) is 5.97. The van der Waals surface area contributed by atoms with Crippen molar-refractivity contribution in [3.63, 3.8) is 0 Å². The summed E-state index contributed by atoms with van der Waals surface area (Å²) < 4.78 is 39.5. The van der Waals surface area contributed by atoms with E-state index in [1.165, 1.54) is 37.4 Å². The summed E-state index contributed by atoms with van der Waals surface area (Å²) >= 11 is 12.3. The number of aromatic nitrogens is 3. The molecule has 0 saturated heterocycles. The predicted molar refractivity (Wildman–Crippen MR) is 106 cm³/mol. The molecule has 1 aromatic heterocycles. The number of benzene rings is 2. The maximum absolute atomic E-state index is 12.7. The van der Waals surface area contributed by atoms with Crippen LogP contribution in [0.15, 0.2) is 47.6 Å². The Morgan fingerprint density at radius 1 is 1.11 bits per heavy atom. The molecule has 0 amide bonds. The Morgan fingerprint density at radius 2 is 1.82 bits per heavy atom. The van der Waals surface area contributed by atoms with Gasteiger partial charge < -0.3 is 9.47 Å². The number of nitrogens with zero attached hydrogens (tertiary/aromatic N) is 3. The van der Waals surface area contributed by atoms with Crippen LogP contribution < -0.4 is 14.2 Å². The Bertz CT molecular complexity index is 1080. The van der Waals surface area contributed by atoms with Gasteiger partial charge >= 0.3 is 0 Å². The van der Waals surface area contributed by atoms with Gasteiger partial charge in [0.2, 0.25) is 0 Å². The number of ether oxygens (including phenoxy) is 2. The van der Waals surface area contributed by atoms with Gasteiger partial charge in [-0.2, -0.15) is 4.98 Å². The lowest BCUT2D eigenvalue weighted by atomic mass is 10.2. The Labute approximate surface area is 172 Å². The molecule has 28 heavy (non-hydrogen) atoms. The molecule has 1 N–H and O–H groups in total. The highest BCUT2D eigenvalue weighted by molar-refractivity contribution is 7.92. The molecule has 0 aliphatic carbocycles. The summed E-state index contributed by atoms with van der Waals surface area (Å²) in [5, 5.41) is 5.08. The smallest absolute Gasteiger partial charge is 0.268 e. The molecule has 11 heteroatoms. The van der Waals surface area contributed by atoms with Crippen molar-refractivity contribution in [3.05, 3.63) is 58.3 Å². The van der Waals surface area contributed by atoms with Crippen LogP contribution in [0, 0.1) is 0 Å². The van der Waals surface area contributed by atoms with Crippen molar-refractivity contribution in [1.82, 2.24) is 14.8 Å². The van der Waals surface area contributed by atoms with Gasteiger partial charge in [-0.1, -0.05) is 29.3 Å². The van der Waals surface area contributed by atoms with Crippen molar-refractivity contribution in [1.29, 1.82) is 0 Å². The monoisotopic (exact) mass is 442 g/mol. The highest BCUT2D eigenvalue weighted by Crippen LogP contribution is 2.29. The normalized spacial score (nSPS) is 11.3. The minimum atomic E-state index is -4.01. The van der Waals surface area contributed by atoms with Gasteiger partial charge in [0.25, 0.3) is 16.0 Å². The molecule has 0 unspecified atom stereocenters. The molecular weight excluding hydrogens is 427 g/mol. The molecule has 0 aliphatic rings. The summed E-state index contributed by atoms with van der Waals surface area (Å²) in [6.45, 7) is 0.232. The van der Waals surface area contributed by atoms with E-state index in [2.05, 4.69) is 14.8 Å². The second-order valence-corrected chi connectivity index (χ2v) is 8.05. The van der Waals surface area contributed by atoms with Gasteiger partial charge in [-0.3, -0.25) is 0 Å². The lowest BCUT2D eigenvalue weighted by Crippen LogP contribution is -2.15. The van der Waals surface area contributed by atoms with Crippen LogP contribution in [0.4, 0.5) is 5.95 Å². The average Bonchev–Trinajstić information content (AvgIpc) is 3.10. The van der Waals surface area contributed by atoms with Gasteiger partial charge in [0.1, 0.15) is 22.7 Å². The first-order valence-electron chi connectivity index (χ1n) is 7.91. The molecule has 3 rings (SSSR count). The van der Waals surface area contributed by atoms with Crippen LogP contribution >= 0.6 is 23.2 Å². The Hall–Kier alpha value is -2.49. The molecule has 0 bridgehead atoms. The summed E-state index contributed by atoms with van der Waals surface area (Å²) in [5.41, 5.74) is 0.652. The van der Waals surface area contributed by atoms with Crippen molar-refractivity contribution in [3.8, 4) is 11.5 Å². The third kappa shape index (κ3) is 4.32. The first-order chi connectivity index (χ1) is 13.3. The van der Waals surface area contributed by atoms with Gasteiger partial charge in [-0.05, 0) is 24.3 Å². The zero-order valence-corrected chi connectivity index (χ0v) is 17.2. The topological polar surface area (TPSA) is 95.3 Å². The Morgan fingerprint density at radius 3 is 2.46 bits per heavy atom. The number of halogens is 2.